The molecule has 0 unspecified atom stereocenters. The number of aryl methyl sites for hydroxylation is 1. The monoisotopic (exact) mass is 527 g/mol. The number of unbranched alkanes of at least 4 members (excludes halogenated alkanes) is 5. The van der Waals surface area contributed by atoms with Crippen molar-refractivity contribution < 1.29 is 25.2 Å². The maximum atomic E-state index is 11.8. The number of nitrogens with zero attached hydrogens (tertiary/aromatic N) is 1. The third-order valence-corrected chi connectivity index (χ3v) is 6.57. The number of hydrogen-bond donors (Lipinski definition) is 6. The highest BCUT2D eigenvalue weighted by Crippen LogP contribution is 2.22. The summed E-state index contributed by atoms with van der Waals surface area (Å²) in [7, 11) is 0. The summed E-state index contributed by atoms with van der Waals surface area (Å²) in [6, 6.07) is 12.5. The van der Waals surface area contributed by atoms with E-state index < -0.39 is 6.10 Å². The minimum absolute atomic E-state index is 0.0368. The first-order valence-electron chi connectivity index (χ1n) is 13.5. The molecule has 1 aromatic heterocycles. The van der Waals surface area contributed by atoms with E-state index in [0.717, 1.165) is 76.7 Å². The van der Waals surface area contributed by atoms with Gasteiger partial charge in [-0.05, 0) is 74.0 Å². The molecule has 0 bridgehead atoms. The number of nitrogens with one attached hydrogen (secondary N) is 2. The summed E-state index contributed by atoms with van der Waals surface area (Å²) < 4.78 is 7.02. The van der Waals surface area contributed by atoms with Gasteiger partial charge in [0.25, 0.3) is 0 Å². The summed E-state index contributed by atoms with van der Waals surface area (Å²) >= 11 is 0. The minimum Gasteiger partial charge on any atom is -0.508 e. The number of hydrogen-bond acceptors (Lipinski definition) is 7. The Morgan fingerprint density at radius 3 is 2.45 bits per heavy atom. The first-order valence-corrected chi connectivity index (χ1v) is 13.5. The quantitative estimate of drug-likeness (QED) is 0.139. The van der Waals surface area contributed by atoms with Gasteiger partial charge in [0.2, 0.25) is 5.88 Å². The SMILES string of the molecule is O=c1[nH]cc(O)n1-c1cccc(CCCCCOCCCCCCNC[C@H](O)c2ccc(O)c(CO)c2)c1. The minimum atomic E-state index is -0.676. The van der Waals surface area contributed by atoms with Crippen LogP contribution in [0.3, 0.4) is 0 Å². The molecule has 0 radical (unpaired) electrons. The summed E-state index contributed by atoms with van der Waals surface area (Å²) in [4.78, 5) is 14.3. The highest BCUT2D eigenvalue weighted by Gasteiger charge is 2.10. The summed E-state index contributed by atoms with van der Waals surface area (Å²) in [5.74, 6) is -0.0592. The van der Waals surface area contributed by atoms with Gasteiger partial charge in [-0.1, -0.05) is 37.5 Å². The molecule has 0 spiro atoms. The van der Waals surface area contributed by atoms with Gasteiger partial charge in [-0.2, -0.15) is 0 Å². The Bertz CT molecular complexity index is 1160. The Morgan fingerprint density at radius 2 is 1.71 bits per heavy atom. The number of rotatable bonds is 18. The van der Waals surface area contributed by atoms with Crippen LogP contribution in [0.2, 0.25) is 0 Å². The van der Waals surface area contributed by atoms with Crippen molar-refractivity contribution in [3.05, 3.63) is 75.8 Å². The molecule has 3 aromatic rings. The lowest BCUT2D eigenvalue weighted by atomic mass is 10.1. The Kier molecular flexibility index (Phi) is 12.4. The fourth-order valence-electron chi connectivity index (χ4n) is 4.38. The Balaban J connectivity index is 1.15. The first kappa shape index (κ1) is 29.4. The predicted molar refractivity (Wildman–Crippen MR) is 147 cm³/mol. The fraction of sp³-hybridized carbons (Fsp3) is 0.483. The van der Waals surface area contributed by atoms with Crippen molar-refractivity contribution in [3.8, 4) is 17.3 Å². The summed E-state index contributed by atoms with van der Waals surface area (Å²) in [5, 5.41) is 42.2. The smallest absolute Gasteiger partial charge is 0.333 e. The van der Waals surface area contributed by atoms with Crippen molar-refractivity contribution in [3.63, 3.8) is 0 Å². The van der Waals surface area contributed by atoms with Gasteiger partial charge in [0.1, 0.15) is 5.75 Å². The molecule has 6 N–H and O–H groups in total. The maximum Gasteiger partial charge on any atom is 0.333 e. The Labute approximate surface area is 223 Å². The van der Waals surface area contributed by atoms with Gasteiger partial charge in [0.15, 0.2) is 0 Å². The van der Waals surface area contributed by atoms with E-state index in [9.17, 15) is 25.2 Å². The average molecular weight is 528 g/mol. The molecule has 3 rings (SSSR count). The van der Waals surface area contributed by atoms with Gasteiger partial charge in [-0.15, -0.1) is 0 Å². The molecule has 1 heterocycles. The van der Waals surface area contributed by atoms with E-state index in [2.05, 4.69) is 10.3 Å². The molecule has 208 valence electrons. The zero-order chi connectivity index (χ0) is 27.2. The second-order valence-corrected chi connectivity index (χ2v) is 9.56. The molecule has 1 atom stereocenters. The van der Waals surface area contributed by atoms with Crippen LogP contribution in [0.4, 0.5) is 0 Å². The number of imidazole rings is 1. The lowest BCUT2D eigenvalue weighted by Crippen LogP contribution is -2.22. The molecule has 0 aliphatic heterocycles. The standard InChI is InChI=1S/C29H41N3O6/c33-21-24-18-23(12-13-26(24)34)27(35)19-30-14-5-1-2-6-15-38-16-7-3-4-9-22-10-8-11-25(17-22)32-28(36)20-31-29(32)37/h8,10-13,17-18,20,27,30,33-36H,1-7,9,14-16,19,21H2,(H,31,37)/t27-/m0/s1. The zero-order valence-electron chi connectivity index (χ0n) is 21.9. The van der Waals surface area contributed by atoms with Crippen molar-refractivity contribution in [1.82, 2.24) is 14.9 Å². The normalized spacial score (nSPS) is 12.2. The molecule has 0 saturated heterocycles. The molecule has 0 aliphatic carbocycles. The second kappa shape index (κ2) is 16.0. The van der Waals surface area contributed by atoms with Crippen LogP contribution < -0.4 is 11.0 Å². The van der Waals surface area contributed by atoms with E-state index >= 15 is 0 Å². The maximum absolute atomic E-state index is 11.8. The Morgan fingerprint density at radius 1 is 0.947 bits per heavy atom. The topological polar surface area (TPSA) is 140 Å². The average Bonchev–Trinajstić information content (AvgIpc) is 3.26. The fourth-order valence-corrected chi connectivity index (χ4v) is 4.38. The summed E-state index contributed by atoms with van der Waals surface area (Å²) in [5.41, 5.74) is 2.54. The molecular formula is C29H41N3O6. The van der Waals surface area contributed by atoms with Crippen LogP contribution in [0.15, 0.2) is 53.5 Å². The van der Waals surface area contributed by atoms with Gasteiger partial charge in [0, 0.05) is 25.3 Å². The van der Waals surface area contributed by atoms with Gasteiger partial charge < -0.3 is 35.5 Å². The second-order valence-electron chi connectivity index (χ2n) is 9.56. The third-order valence-electron chi connectivity index (χ3n) is 6.57. The number of benzene rings is 2. The van der Waals surface area contributed by atoms with Crippen molar-refractivity contribution >= 4 is 0 Å². The van der Waals surface area contributed by atoms with Crippen LogP contribution in [-0.4, -0.2) is 56.3 Å². The van der Waals surface area contributed by atoms with Crippen molar-refractivity contribution in [2.75, 3.05) is 26.3 Å². The molecule has 2 aromatic carbocycles. The van der Waals surface area contributed by atoms with Crippen LogP contribution in [0.5, 0.6) is 11.6 Å². The van der Waals surface area contributed by atoms with E-state index in [4.69, 9.17) is 4.74 Å². The zero-order valence-corrected chi connectivity index (χ0v) is 21.9. The van der Waals surface area contributed by atoms with Gasteiger partial charge in [-0.3, -0.25) is 0 Å². The highest BCUT2D eigenvalue weighted by molar-refractivity contribution is 5.39. The van der Waals surface area contributed by atoms with Crippen LogP contribution >= 0.6 is 0 Å². The number of aromatic hydroxyl groups is 2. The number of aliphatic hydroxyl groups is 2. The number of H-pyrrole nitrogens is 1. The van der Waals surface area contributed by atoms with Crippen molar-refractivity contribution in [2.24, 2.45) is 0 Å². The first-order chi connectivity index (χ1) is 18.5. The largest absolute Gasteiger partial charge is 0.508 e. The number of aromatic amines is 1. The number of aliphatic hydroxyl groups excluding tert-OH is 2. The molecule has 38 heavy (non-hydrogen) atoms. The lowest BCUT2D eigenvalue weighted by Gasteiger charge is -2.14. The van der Waals surface area contributed by atoms with Gasteiger partial charge in [0.05, 0.1) is 24.6 Å². The predicted octanol–water partition coefficient (Wildman–Crippen LogP) is 3.68. The van der Waals surface area contributed by atoms with Crippen LogP contribution in [0.25, 0.3) is 5.69 Å². The van der Waals surface area contributed by atoms with Crippen LogP contribution in [0.1, 0.15) is 67.7 Å². The summed E-state index contributed by atoms with van der Waals surface area (Å²) in [6.07, 6.45) is 8.94. The lowest BCUT2D eigenvalue weighted by molar-refractivity contribution is 0.126. The van der Waals surface area contributed by atoms with Crippen LogP contribution in [-0.2, 0) is 17.8 Å². The molecule has 9 nitrogen and oxygen atoms in total. The molecular weight excluding hydrogens is 486 g/mol. The summed E-state index contributed by atoms with van der Waals surface area (Å²) in [6.45, 7) is 2.54. The van der Waals surface area contributed by atoms with Crippen molar-refractivity contribution in [2.45, 2.75) is 64.1 Å². The molecule has 0 aliphatic rings. The molecule has 0 fully saturated rings. The van der Waals surface area contributed by atoms with E-state index in [-0.39, 0.29) is 23.9 Å². The van der Waals surface area contributed by atoms with Gasteiger partial charge >= 0.3 is 5.69 Å². The number of ether oxygens (including phenoxy) is 1. The third kappa shape index (κ3) is 9.33. The van der Waals surface area contributed by atoms with Gasteiger partial charge in [-0.25, -0.2) is 9.36 Å². The molecule has 0 saturated carbocycles. The molecule has 0 amide bonds. The Hall–Kier alpha value is -3.11. The highest BCUT2D eigenvalue weighted by atomic mass is 16.5. The van der Waals surface area contributed by atoms with E-state index in [1.165, 1.54) is 16.8 Å². The number of phenols is 1. The van der Waals surface area contributed by atoms with E-state index in [1.807, 2.05) is 24.3 Å². The van der Waals surface area contributed by atoms with E-state index in [0.29, 0.717) is 23.4 Å². The van der Waals surface area contributed by atoms with E-state index in [1.54, 1.807) is 12.1 Å². The van der Waals surface area contributed by atoms with Crippen molar-refractivity contribution in [1.29, 1.82) is 0 Å². The van der Waals surface area contributed by atoms with Crippen LogP contribution in [0, 0.1) is 0 Å². The molecule has 9 heteroatoms. The number of aromatic nitrogens is 2.